The molecular weight excluding hydrogens is 344 g/mol. The number of rotatable bonds is 3. The Morgan fingerprint density at radius 1 is 1.22 bits per heavy atom. The van der Waals surface area contributed by atoms with Gasteiger partial charge in [0.2, 0.25) is 11.7 Å². The van der Waals surface area contributed by atoms with Crippen LogP contribution >= 0.6 is 0 Å². The van der Waals surface area contributed by atoms with Gasteiger partial charge in [-0.3, -0.25) is 9.88 Å². The highest BCUT2D eigenvalue weighted by Gasteiger charge is 2.46. The lowest BCUT2D eigenvalue weighted by atomic mass is 10.00. The summed E-state index contributed by atoms with van der Waals surface area (Å²) in [5.74, 6) is 0.997. The molecule has 7 nitrogen and oxygen atoms in total. The van der Waals surface area contributed by atoms with Gasteiger partial charge in [-0.2, -0.15) is 4.98 Å². The van der Waals surface area contributed by atoms with Crippen molar-refractivity contribution in [3.05, 3.63) is 48.0 Å². The normalized spacial score (nSPS) is 20.5. The third kappa shape index (κ3) is 2.50. The van der Waals surface area contributed by atoms with Crippen molar-refractivity contribution >= 4 is 11.8 Å². The number of benzene rings is 1. The Morgan fingerprint density at radius 2 is 2.07 bits per heavy atom. The lowest BCUT2D eigenvalue weighted by Gasteiger charge is -2.15. The summed E-state index contributed by atoms with van der Waals surface area (Å²) < 4.78 is 10.5. The van der Waals surface area contributed by atoms with Crippen molar-refractivity contribution in [3.63, 3.8) is 0 Å². The van der Waals surface area contributed by atoms with Gasteiger partial charge in [-0.25, -0.2) is 4.79 Å². The van der Waals surface area contributed by atoms with Crippen LogP contribution < -0.4 is 4.90 Å². The molecular formula is C20H18N4O3. The zero-order chi connectivity index (χ0) is 18.5. The van der Waals surface area contributed by atoms with Crippen LogP contribution in [0, 0.1) is 6.92 Å². The van der Waals surface area contributed by atoms with Gasteiger partial charge in [0.15, 0.2) is 0 Å². The largest absolute Gasteiger partial charge is 0.444 e. The maximum atomic E-state index is 12.2. The highest BCUT2D eigenvalue weighted by atomic mass is 16.6. The minimum Gasteiger partial charge on any atom is -0.444 e. The number of cyclic esters (lactones) is 1. The summed E-state index contributed by atoms with van der Waals surface area (Å²) in [5, 5.41) is 3.89. The highest BCUT2D eigenvalue weighted by molar-refractivity contribution is 5.94. The molecule has 27 heavy (non-hydrogen) atoms. The number of fused-ring (bicyclic) bond motifs is 3. The first-order chi connectivity index (χ1) is 13.1. The molecule has 2 aliphatic heterocycles. The van der Waals surface area contributed by atoms with Crippen LogP contribution in [-0.4, -0.2) is 33.4 Å². The van der Waals surface area contributed by atoms with Gasteiger partial charge in [-0.15, -0.1) is 0 Å². The number of aromatic nitrogens is 3. The third-order valence-corrected chi connectivity index (χ3v) is 5.23. The lowest BCUT2D eigenvalue weighted by Crippen LogP contribution is -2.32. The maximum absolute atomic E-state index is 12.2. The van der Waals surface area contributed by atoms with Crippen molar-refractivity contribution in [2.45, 2.75) is 38.8 Å². The van der Waals surface area contributed by atoms with E-state index in [1.165, 1.54) is 5.56 Å². The molecule has 0 N–H and O–H groups in total. The standard InChI is InChI=1S/C20H18N4O3/c1-3-18-17-9-14-8-12(5-7-16(14)24(17)20(25)26-18)13-4-6-15(21-10-13)19-22-11(2)27-23-19/h4-8,10,17-18H,3,9H2,1-2H3. The Morgan fingerprint density at radius 3 is 2.78 bits per heavy atom. The molecule has 3 aromatic rings. The van der Waals surface area contributed by atoms with Crippen molar-refractivity contribution in [2.75, 3.05) is 4.90 Å². The molecule has 7 heteroatoms. The molecule has 4 heterocycles. The van der Waals surface area contributed by atoms with E-state index in [9.17, 15) is 4.79 Å². The van der Waals surface area contributed by atoms with E-state index in [1.54, 1.807) is 11.8 Å². The fraction of sp³-hybridized carbons (Fsp3) is 0.300. The molecule has 0 saturated carbocycles. The number of hydrogen-bond acceptors (Lipinski definition) is 6. The summed E-state index contributed by atoms with van der Waals surface area (Å²) in [5.41, 5.74) is 4.87. The quantitative estimate of drug-likeness (QED) is 0.705. The number of hydrogen-bond donors (Lipinski definition) is 0. The molecule has 1 saturated heterocycles. The maximum Gasteiger partial charge on any atom is 0.415 e. The van der Waals surface area contributed by atoms with Crippen molar-refractivity contribution in [2.24, 2.45) is 0 Å². The summed E-state index contributed by atoms with van der Waals surface area (Å²) in [7, 11) is 0. The van der Waals surface area contributed by atoms with E-state index in [0.29, 0.717) is 17.4 Å². The summed E-state index contributed by atoms with van der Waals surface area (Å²) >= 11 is 0. The van der Waals surface area contributed by atoms with Gasteiger partial charge in [0.05, 0.1) is 11.7 Å². The molecule has 1 amide bonds. The topological polar surface area (TPSA) is 81.4 Å². The van der Waals surface area contributed by atoms with Crippen LogP contribution in [0.25, 0.3) is 22.6 Å². The highest BCUT2D eigenvalue weighted by Crippen LogP contribution is 2.41. The monoisotopic (exact) mass is 362 g/mol. The van der Waals surface area contributed by atoms with Gasteiger partial charge >= 0.3 is 6.09 Å². The molecule has 0 radical (unpaired) electrons. The molecule has 1 aromatic carbocycles. The summed E-state index contributed by atoms with van der Waals surface area (Å²) in [6.07, 6.45) is 3.19. The Balaban J connectivity index is 1.45. The number of nitrogens with zero attached hydrogens (tertiary/aromatic N) is 4. The second-order valence-corrected chi connectivity index (χ2v) is 6.88. The number of aryl methyl sites for hydroxylation is 1. The predicted octanol–water partition coefficient (Wildman–Crippen LogP) is 3.77. The Labute approximate surface area is 156 Å². The number of amides is 1. The van der Waals surface area contributed by atoms with Gasteiger partial charge in [0.25, 0.3) is 0 Å². The fourth-order valence-corrected chi connectivity index (χ4v) is 3.91. The minimum atomic E-state index is -0.236. The summed E-state index contributed by atoms with van der Waals surface area (Å²) in [6.45, 7) is 3.80. The Bertz CT molecular complexity index is 1030. The van der Waals surface area contributed by atoms with Gasteiger partial charge in [0, 0.05) is 18.7 Å². The molecule has 0 bridgehead atoms. The first-order valence-corrected chi connectivity index (χ1v) is 9.04. The van der Waals surface area contributed by atoms with E-state index in [2.05, 4.69) is 21.2 Å². The Kier molecular flexibility index (Phi) is 3.50. The van der Waals surface area contributed by atoms with E-state index in [4.69, 9.17) is 9.26 Å². The van der Waals surface area contributed by atoms with Crippen molar-refractivity contribution < 1.29 is 14.1 Å². The van der Waals surface area contributed by atoms with Crippen molar-refractivity contribution in [1.29, 1.82) is 0 Å². The van der Waals surface area contributed by atoms with E-state index in [1.807, 2.05) is 37.4 Å². The number of carbonyl (C=O) groups is 1. The number of pyridine rings is 1. The smallest absolute Gasteiger partial charge is 0.415 e. The van der Waals surface area contributed by atoms with Crippen LogP contribution in [0.4, 0.5) is 10.5 Å². The first kappa shape index (κ1) is 16.0. The van der Waals surface area contributed by atoms with Crippen LogP contribution in [0.3, 0.4) is 0 Å². The average Bonchev–Trinajstić information content (AvgIpc) is 3.36. The molecule has 2 unspecified atom stereocenters. The second kappa shape index (κ2) is 5.90. The van der Waals surface area contributed by atoms with Gasteiger partial charge in [0.1, 0.15) is 11.8 Å². The number of anilines is 1. The average molecular weight is 362 g/mol. The molecule has 1 fully saturated rings. The van der Waals surface area contributed by atoms with E-state index in [0.717, 1.165) is 29.7 Å². The van der Waals surface area contributed by atoms with Gasteiger partial charge in [-0.05, 0) is 42.2 Å². The van der Waals surface area contributed by atoms with Gasteiger partial charge in [-0.1, -0.05) is 24.2 Å². The predicted molar refractivity (Wildman–Crippen MR) is 98.2 cm³/mol. The molecule has 2 aromatic heterocycles. The summed E-state index contributed by atoms with van der Waals surface area (Å²) in [6, 6.07) is 10.1. The SMILES string of the molecule is CCC1OC(=O)N2c3ccc(-c4ccc(-c5noc(C)n5)nc4)cc3CC12. The van der Waals surface area contributed by atoms with Gasteiger partial charge < -0.3 is 9.26 Å². The lowest BCUT2D eigenvalue weighted by molar-refractivity contribution is 0.129. The van der Waals surface area contributed by atoms with Crippen LogP contribution in [0.1, 0.15) is 24.8 Å². The Hall–Kier alpha value is -3.22. The van der Waals surface area contributed by atoms with Crippen LogP contribution in [0.2, 0.25) is 0 Å². The van der Waals surface area contributed by atoms with Crippen molar-refractivity contribution in [3.8, 4) is 22.6 Å². The molecule has 136 valence electrons. The van der Waals surface area contributed by atoms with Crippen molar-refractivity contribution in [1.82, 2.24) is 15.1 Å². The second-order valence-electron chi connectivity index (χ2n) is 6.88. The van der Waals surface area contributed by atoms with Crippen LogP contribution in [0.15, 0.2) is 41.1 Å². The third-order valence-electron chi connectivity index (χ3n) is 5.23. The zero-order valence-electron chi connectivity index (χ0n) is 15.0. The first-order valence-electron chi connectivity index (χ1n) is 9.04. The molecule has 0 spiro atoms. The fourth-order valence-electron chi connectivity index (χ4n) is 3.91. The molecule has 2 atom stereocenters. The number of carbonyl (C=O) groups excluding carboxylic acids is 1. The zero-order valence-corrected chi connectivity index (χ0v) is 15.0. The summed E-state index contributed by atoms with van der Waals surface area (Å²) in [4.78, 5) is 22.6. The number of ether oxygens (including phenoxy) is 1. The molecule has 5 rings (SSSR count). The van der Waals surface area contributed by atoms with E-state index < -0.39 is 0 Å². The minimum absolute atomic E-state index is 0.0345. The van der Waals surface area contributed by atoms with Crippen LogP contribution in [0.5, 0.6) is 0 Å². The van der Waals surface area contributed by atoms with E-state index in [-0.39, 0.29) is 18.2 Å². The molecule has 0 aliphatic carbocycles. The molecule has 2 aliphatic rings. The van der Waals surface area contributed by atoms with Crippen LogP contribution in [-0.2, 0) is 11.2 Å². The van der Waals surface area contributed by atoms with E-state index >= 15 is 0 Å².